The first kappa shape index (κ1) is 10.5. The number of rotatable bonds is 4. The predicted octanol–water partition coefficient (Wildman–Crippen LogP) is 4.49. The maximum Gasteiger partial charge on any atom is -0.0238 e. The van der Waals surface area contributed by atoms with Crippen LogP contribution in [0, 0.1) is 29.1 Å². The highest BCUT2D eigenvalue weighted by molar-refractivity contribution is 5.12. The maximum atomic E-state index is 2.47. The van der Waals surface area contributed by atoms with Crippen molar-refractivity contribution in [3.8, 4) is 0 Å². The van der Waals surface area contributed by atoms with Gasteiger partial charge in [-0.2, -0.15) is 0 Å². The predicted molar refractivity (Wildman–Crippen MR) is 62.2 cm³/mol. The third kappa shape index (κ3) is 1.33. The largest absolute Gasteiger partial charge is 0.0651 e. The van der Waals surface area contributed by atoms with E-state index in [2.05, 4.69) is 27.7 Å². The molecule has 2 aliphatic carbocycles. The highest BCUT2D eigenvalue weighted by Gasteiger charge is 2.62. The first-order valence-electron chi connectivity index (χ1n) is 6.65. The Morgan fingerprint density at radius 1 is 1.29 bits per heavy atom. The molecular weight excluding hydrogens is 168 g/mol. The molecule has 5 atom stereocenters. The van der Waals surface area contributed by atoms with Crippen molar-refractivity contribution in [1.29, 1.82) is 0 Å². The average Bonchev–Trinajstić information content (AvgIpc) is 2.86. The minimum absolute atomic E-state index is 0.851. The fourth-order valence-corrected chi connectivity index (χ4v) is 4.08. The topological polar surface area (TPSA) is 0 Å². The van der Waals surface area contributed by atoms with Gasteiger partial charge >= 0.3 is 0 Å². The zero-order valence-electron chi connectivity index (χ0n) is 10.3. The van der Waals surface area contributed by atoms with Gasteiger partial charge in [-0.25, -0.2) is 0 Å². The van der Waals surface area contributed by atoms with Crippen LogP contribution in [0.5, 0.6) is 0 Å². The third-order valence-corrected chi connectivity index (χ3v) is 5.53. The van der Waals surface area contributed by atoms with Crippen LogP contribution in [0.15, 0.2) is 0 Å². The Bertz CT molecular complexity index is 202. The second-order valence-electron chi connectivity index (χ2n) is 5.94. The van der Waals surface area contributed by atoms with Crippen LogP contribution >= 0.6 is 0 Å². The SMILES string of the molecule is CCC(C)C(CC)C1CCC12CC2C. The summed E-state index contributed by atoms with van der Waals surface area (Å²) in [5.41, 5.74) is 0.851. The van der Waals surface area contributed by atoms with Crippen LogP contribution in [-0.4, -0.2) is 0 Å². The molecule has 2 aliphatic rings. The Morgan fingerprint density at radius 2 is 1.93 bits per heavy atom. The zero-order valence-corrected chi connectivity index (χ0v) is 10.3. The average molecular weight is 194 g/mol. The molecule has 14 heavy (non-hydrogen) atoms. The van der Waals surface area contributed by atoms with Crippen molar-refractivity contribution in [2.24, 2.45) is 29.1 Å². The van der Waals surface area contributed by atoms with Gasteiger partial charge < -0.3 is 0 Å². The summed E-state index contributed by atoms with van der Waals surface area (Å²) in [6.45, 7) is 9.69. The summed E-state index contributed by atoms with van der Waals surface area (Å²) < 4.78 is 0. The van der Waals surface area contributed by atoms with E-state index in [4.69, 9.17) is 0 Å². The Balaban J connectivity index is 1.99. The summed E-state index contributed by atoms with van der Waals surface area (Å²) in [4.78, 5) is 0. The molecular formula is C14H26. The second-order valence-corrected chi connectivity index (χ2v) is 5.94. The maximum absolute atomic E-state index is 2.47. The van der Waals surface area contributed by atoms with Crippen molar-refractivity contribution in [3.05, 3.63) is 0 Å². The normalized spacial score (nSPS) is 44.6. The van der Waals surface area contributed by atoms with Crippen LogP contribution in [0.2, 0.25) is 0 Å². The van der Waals surface area contributed by atoms with Crippen molar-refractivity contribution in [1.82, 2.24) is 0 Å². The van der Waals surface area contributed by atoms with E-state index in [0.29, 0.717) is 0 Å². The second kappa shape index (κ2) is 3.54. The molecule has 2 saturated carbocycles. The summed E-state index contributed by atoms with van der Waals surface area (Å²) in [6.07, 6.45) is 7.41. The van der Waals surface area contributed by atoms with Gasteiger partial charge in [-0.3, -0.25) is 0 Å². The van der Waals surface area contributed by atoms with Gasteiger partial charge in [0, 0.05) is 0 Å². The first-order chi connectivity index (χ1) is 6.65. The van der Waals surface area contributed by atoms with E-state index >= 15 is 0 Å². The van der Waals surface area contributed by atoms with Gasteiger partial charge in [0.25, 0.3) is 0 Å². The fourth-order valence-electron chi connectivity index (χ4n) is 4.08. The van der Waals surface area contributed by atoms with Gasteiger partial charge in [-0.05, 0) is 48.3 Å². The lowest BCUT2D eigenvalue weighted by Crippen LogP contribution is -2.38. The molecule has 0 aromatic heterocycles. The van der Waals surface area contributed by atoms with E-state index < -0.39 is 0 Å². The fraction of sp³-hybridized carbons (Fsp3) is 1.00. The lowest BCUT2D eigenvalue weighted by molar-refractivity contribution is 0.0363. The first-order valence-corrected chi connectivity index (χ1v) is 6.65. The summed E-state index contributed by atoms with van der Waals surface area (Å²) in [6, 6.07) is 0. The van der Waals surface area contributed by atoms with Gasteiger partial charge in [0.15, 0.2) is 0 Å². The highest BCUT2D eigenvalue weighted by Crippen LogP contribution is 2.71. The van der Waals surface area contributed by atoms with Crippen LogP contribution in [0.1, 0.15) is 59.8 Å². The van der Waals surface area contributed by atoms with Gasteiger partial charge in [0.05, 0.1) is 0 Å². The molecule has 0 bridgehead atoms. The van der Waals surface area contributed by atoms with E-state index in [0.717, 1.165) is 29.1 Å². The van der Waals surface area contributed by atoms with Gasteiger partial charge in [0.1, 0.15) is 0 Å². The molecule has 0 amide bonds. The summed E-state index contributed by atoms with van der Waals surface area (Å²) >= 11 is 0. The molecule has 2 fully saturated rings. The van der Waals surface area contributed by atoms with Gasteiger partial charge in [-0.15, -0.1) is 0 Å². The quantitative estimate of drug-likeness (QED) is 0.618. The van der Waals surface area contributed by atoms with Crippen molar-refractivity contribution < 1.29 is 0 Å². The minimum Gasteiger partial charge on any atom is -0.0651 e. The third-order valence-electron chi connectivity index (χ3n) is 5.53. The van der Waals surface area contributed by atoms with Crippen molar-refractivity contribution in [2.45, 2.75) is 59.8 Å². The molecule has 0 saturated heterocycles. The van der Waals surface area contributed by atoms with Crippen LogP contribution in [0.25, 0.3) is 0 Å². The van der Waals surface area contributed by atoms with E-state index in [1.54, 1.807) is 12.8 Å². The lowest BCUT2D eigenvalue weighted by atomic mass is 9.59. The molecule has 0 N–H and O–H groups in total. The molecule has 5 unspecified atom stereocenters. The molecule has 0 heterocycles. The van der Waals surface area contributed by atoms with E-state index in [-0.39, 0.29) is 0 Å². The molecule has 0 heteroatoms. The van der Waals surface area contributed by atoms with Crippen LogP contribution < -0.4 is 0 Å². The molecule has 82 valence electrons. The van der Waals surface area contributed by atoms with E-state index in [1.807, 2.05) is 0 Å². The van der Waals surface area contributed by atoms with E-state index in [1.165, 1.54) is 19.3 Å². The summed E-state index contributed by atoms with van der Waals surface area (Å²) in [5.74, 6) is 4.13. The number of hydrogen-bond donors (Lipinski definition) is 0. The van der Waals surface area contributed by atoms with Crippen molar-refractivity contribution in [2.75, 3.05) is 0 Å². The van der Waals surface area contributed by atoms with Crippen molar-refractivity contribution >= 4 is 0 Å². The molecule has 0 nitrogen and oxygen atoms in total. The summed E-state index contributed by atoms with van der Waals surface area (Å²) in [5, 5.41) is 0. The van der Waals surface area contributed by atoms with E-state index in [9.17, 15) is 0 Å². The summed E-state index contributed by atoms with van der Waals surface area (Å²) in [7, 11) is 0. The lowest BCUT2D eigenvalue weighted by Gasteiger charge is -2.46. The van der Waals surface area contributed by atoms with Gasteiger partial charge in [0.2, 0.25) is 0 Å². The smallest absolute Gasteiger partial charge is 0.0238 e. The van der Waals surface area contributed by atoms with Gasteiger partial charge in [-0.1, -0.05) is 40.5 Å². The van der Waals surface area contributed by atoms with Crippen LogP contribution in [0.4, 0.5) is 0 Å². The molecule has 1 spiro atoms. The Kier molecular flexibility index (Phi) is 2.66. The van der Waals surface area contributed by atoms with Crippen LogP contribution in [-0.2, 0) is 0 Å². The molecule has 0 aliphatic heterocycles. The van der Waals surface area contributed by atoms with Crippen LogP contribution in [0.3, 0.4) is 0 Å². The molecule has 0 radical (unpaired) electrons. The molecule has 0 aromatic rings. The Morgan fingerprint density at radius 3 is 2.21 bits per heavy atom. The molecule has 0 aromatic carbocycles. The Hall–Kier alpha value is 0. The monoisotopic (exact) mass is 194 g/mol. The minimum atomic E-state index is 0.851. The zero-order chi connectivity index (χ0) is 10.3. The molecule has 2 rings (SSSR count). The van der Waals surface area contributed by atoms with Crippen molar-refractivity contribution in [3.63, 3.8) is 0 Å². The highest BCUT2D eigenvalue weighted by atomic mass is 14.7. The Labute approximate surface area is 89.5 Å². The standard InChI is InChI=1S/C14H26/c1-5-10(3)12(6-2)13-7-8-14(13)9-11(14)4/h10-13H,5-9H2,1-4H3. The number of hydrogen-bond acceptors (Lipinski definition) is 0.